The van der Waals surface area contributed by atoms with Gasteiger partial charge in [0.05, 0.1) is 15.1 Å². The Hall–Kier alpha value is -1.33. The van der Waals surface area contributed by atoms with Crippen LogP contribution in [0.1, 0.15) is 12.5 Å². The van der Waals surface area contributed by atoms with Crippen molar-refractivity contribution in [2.24, 2.45) is 0 Å². The second-order valence-electron chi connectivity index (χ2n) is 4.44. The number of aromatic hydroxyl groups is 1. The number of amides is 1. The fourth-order valence-electron chi connectivity index (χ4n) is 1.87. The van der Waals surface area contributed by atoms with E-state index in [-0.39, 0.29) is 10.1 Å². The molecule has 2 N–H and O–H groups in total. The predicted molar refractivity (Wildman–Crippen MR) is 99.5 cm³/mol. The van der Waals surface area contributed by atoms with Crippen LogP contribution in [-0.2, 0) is 9.59 Å². The van der Waals surface area contributed by atoms with Gasteiger partial charge in [-0.1, -0.05) is 24.0 Å². The maximum Gasteiger partial charge on any atom is 0.323 e. The Morgan fingerprint density at radius 1 is 1.52 bits per heavy atom. The first-order valence-electron chi connectivity index (χ1n) is 6.46. The zero-order valence-electron chi connectivity index (χ0n) is 11.9. The molecule has 122 valence electrons. The topological polar surface area (TPSA) is 87.1 Å². The fraction of sp³-hybridized carbons (Fsp3) is 0.214. The number of thioether (sulfide) groups is 1. The number of carbonyl (C=O) groups is 2. The molecule has 2 rings (SSSR count). The summed E-state index contributed by atoms with van der Waals surface area (Å²) in [4.78, 5) is 24.4. The van der Waals surface area contributed by atoms with Crippen molar-refractivity contribution in [2.45, 2.75) is 6.92 Å². The first kappa shape index (κ1) is 18.0. The number of carboxylic acids is 1. The van der Waals surface area contributed by atoms with Crippen molar-refractivity contribution in [3.8, 4) is 11.5 Å². The van der Waals surface area contributed by atoms with Crippen LogP contribution >= 0.6 is 46.6 Å². The van der Waals surface area contributed by atoms with Crippen LogP contribution in [0.25, 0.3) is 6.08 Å². The van der Waals surface area contributed by atoms with Crippen molar-refractivity contribution >= 4 is 68.8 Å². The smallest absolute Gasteiger partial charge is 0.323 e. The number of thiocarbonyl (C=S) groups is 1. The molecule has 1 aliphatic heterocycles. The first-order chi connectivity index (χ1) is 10.8. The number of halogens is 1. The van der Waals surface area contributed by atoms with Gasteiger partial charge in [0.25, 0.3) is 5.91 Å². The quantitative estimate of drug-likeness (QED) is 0.393. The van der Waals surface area contributed by atoms with Gasteiger partial charge in [-0.05, 0) is 53.3 Å². The summed E-state index contributed by atoms with van der Waals surface area (Å²) < 4.78 is 6.15. The molecule has 1 aromatic carbocycles. The van der Waals surface area contributed by atoms with Crippen molar-refractivity contribution in [2.75, 3.05) is 13.2 Å². The van der Waals surface area contributed by atoms with Crippen LogP contribution in [0.2, 0.25) is 0 Å². The third kappa shape index (κ3) is 4.15. The number of nitrogens with zero attached hydrogens (tertiary/aromatic N) is 1. The number of hydrogen-bond acceptors (Lipinski definition) is 6. The summed E-state index contributed by atoms with van der Waals surface area (Å²) in [5.41, 5.74) is 0.659. The number of carbonyl (C=O) groups excluding carboxylic acids is 1. The molecule has 1 aromatic rings. The lowest BCUT2D eigenvalue weighted by Crippen LogP contribution is -2.33. The van der Waals surface area contributed by atoms with E-state index in [0.29, 0.717) is 26.4 Å². The molecule has 0 radical (unpaired) electrons. The molecule has 1 fully saturated rings. The molecule has 1 saturated heterocycles. The van der Waals surface area contributed by atoms with E-state index in [1.165, 1.54) is 0 Å². The molecule has 0 bridgehead atoms. The van der Waals surface area contributed by atoms with Crippen molar-refractivity contribution < 1.29 is 24.5 Å². The van der Waals surface area contributed by atoms with Crippen molar-refractivity contribution in [1.82, 2.24) is 4.90 Å². The van der Waals surface area contributed by atoms with Crippen LogP contribution in [0.3, 0.4) is 0 Å². The van der Waals surface area contributed by atoms with Crippen LogP contribution in [-0.4, -0.2) is 44.5 Å². The summed E-state index contributed by atoms with van der Waals surface area (Å²) in [7, 11) is 0. The molecular weight excluding hydrogens is 453 g/mol. The lowest BCUT2D eigenvalue weighted by atomic mass is 10.2. The van der Waals surface area contributed by atoms with Gasteiger partial charge in [-0.15, -0.1) is 0 Å². The molecule has 1 aliphatic rings. The molecule has 0 spiro atoms. The summed E-state index contributed by atoms with van der Waals surface area (Å²) in [5.74, 6) is -1.20. The fourth-order valence-corrected chi connectivity index (χ4v) is 3.75. The normalized spacial score (nSPS) is 16.3. The van der Waals surface area contributed by atoms with Crippen molar-refractivity contribution in [1.29, 1.82) is 0 Å². The third-order valence-electron chi connectivity index (χ3n) is 2.82. The zero-order chi connectivity index (χ0) is 17.1. The third-order valence-corrected chi connectivity index (χ3v) is 5.02. The standard InChI is InChI=1S/C14H12INO5S2/c1-2-21-9-4-7(3-8(15)12(9)19)5-10-13(20)16(6-11(17)18)14(22)23-10/h3-5,19H,2,6H2,1H3,(H,17,18). The lowest BCUT2D eigenvalue weighted by Gasteiger charge is -2.10. The summed E-state index contributed by atoms with van der Waals surface area (Å²) in [6.07, 6.45) is 1.60. The molecule has 23 heavy (non-hydrogen) atoms. The predicted octanol–water partition coefficient (Wildman–Crippen LogP) is 2.68. The van der Waals surface area contributed by atoms with E-state index in [9.17, 15) is 14.7 Å². The molecule has 0 atom stereocenters. The van der Waals surface area contributed by atoms with E-state index in [1.54, 1.807) is 25.1 Å². The van der Waals surface area contributed by atoms with Crippen molar-refractivity contribution in [3.63, 3.8) is 0 Å². The number of hydrogen-bond donors (Lipinski definition) is 2. The molecule has 1 amide bonds. The van der Waals surface area contributed by atoms with Gasteiger partial charge in [-0.25, -0.2) is 0 Å². The van der Waals surface area contributed by atoms with Crippen LogP contribution in [0.4, 0.5) is 0 Å². The Labute approximate surface area is 155 Å². The van der Waals surface area contributed by atoms with Gasteiger partial charge in [0.1, 0.15) is 10.9 Å². The minimum atomic E-state index is -1.12. The van der Waals surface area contributed by atoms with Gasteiger partial charge in [-0.2, -0.15) is 0 Å². The molecule has 0 saturated carbocycles. The Balaban J connectivity index is 2.34. The highest BCUT2D eigenvalue weighted by Gasteiger charge is 2.33. The molecular formula is C14H12INO5S2. The molecule has 9 heteroatoms. The second-order valence-corrected chi connectivity index (χ2v) is 7.28. The van der Waals surface area contributed by atoms with Crippen LogP contribution in [0, 0.1) is 3.57 Å². The average Bonchev–Trinajstić information content (AvgIpc) is 2.72. The highest BCUT2D eigenvalue weighted by atomic mass is 127. The summed E-state index contributed by atoms with van der Waals surface area (Å²) in [5, 5.41) is 18.7. The van der Waals surface area contributed by atoms with E-state index in [0.717, 1.165) is 16.7 Å². The van der Waals surface area contributed by atoms with Gasteiger partial charge in [0.15, 0.2) is 11.5 Å². The zero-order valence-corrected chi connectivity index (χ0v) is 15.7. The van der Waals surface area contributed by atoms with Gasteiger partial charge < -0.3 is 14.9 Å². The number of phenols is 1. The van der Waals surface area contributed by atoms with Crippen LogP contribution in [0.15, 0.2) is 17.0 Å². The highest BCUT2D eigenvalue weighted by Crippen LogP contribution is 2.36. The number of aliphatic carboxylic acids is 1. The first-order valence-corrected chi connectivity index (χ1v) is 8.76. The van der Waals surface area contributed by atoms with Gasteiger partial charge >= 0.3 is 5.97 Å². The molecule has 0 aromatic heterocycles. The Morgan fingerprint density at radius 3 is 2.83 bits per heavy atom. The number of ether oxygens (including phenoxy) is 1. The maximum atomic E-state index is 12.2. The summed E-state index contributed by atoms with van der Waals surface area (Å²) in [6.45, 7) is 1.74. The maximum absolute atomic E-state index is 12.2. The van der Waals surface area contributed by atoms with Gasteiger partial charge in [0, 0.05) is 0 Å². The number of benzene rings is 1. The minimum Gasteiger partial charge on any atom is -0.504 e. The summed E-state index contributed by atoms with van der Waals surface area (Å²) in [6, 6.07) is 3.31. The monoisotopic (exact) mass is 465 g/mol. The number of carboxylic acid groups (broad SMARTS) is 1. The average molecular weight is 465 g/mol. The number of phenolic OH excluding ortho intramolecular Hbond substituents is 1. The van der Waals surface area contributed by atoms with E-state index >= 15 is 0 Å². The SMILES string of the molecule is CCOc1cc(C=C2SC(=S)N(CC(=O)O)C2=O)cc(I)c1O. The van der Waals surface area contributed by atoms with E-state index < -0.39 is 18.4 Å². The Bertz CT molecular complexity index is 719. The highest BCUT2D eigenvalue weighted by molar-refractivity contribution is 14.1. The summed E-state index contributed by atoms with van der Waals surface area (Å²) >= 11 is 8.06. The van der Waals surface area contributed by atoms with Crippen LogP contribution in [0.5, 0.6) is 11.5 Å². The number of rotatable bonds is 5. The van der Waals surface area contributed by atoms with Gasteiger partial charge in [-0.3, -0.25) is 14.5 Å². The van der Waals surface area contributed by atoms with E-state index in [1.807, 2.05) is 22.6 Å². The molecule has 1 heterocycles. The van der Waals surface area contributed by atoms with E-state index in [2.05, 4.69) is 0 Å². The van der Waals surface area contributed by atoms with Gasteiger partial charge in [0.2, 0.25) is 0 Å². The Morgan fingerprint density at radius 2 is 2.22 bits per heavy atom. The molecule has 0 unspecified atom stereocenters. The minimum absolute atomic E-state index is 0.0445. The Kier molecular flexibility index (Phi) is 5.87. The largest absolute Gasteiger partial charge is 0.504 e. The lowest BCUT2D eigenvalue weighted by molar-refractivity contribution is -0.140. The van der Waals surface area contributed by atoms with E-state index in [4.69, 9.17) is 22.1 Å². The second kappa shape index (κ2) is 7.49. The molecule has 6 nitrogen and oxygen atoms in total. The van der Waals surface area contributed by atoms with Crippen LogP contribution < -0.4 is 4.74 Å². The van der Waals surface area contributed by atoms with Crippen molar-refractivity contribution in [3.05, 3.63) is 26.2 Å². The molecule has 0 aliphatic carbocycles.